The number of amides is 1. The van der Waals surface area contributed by atoms with E-state index in [1.807, 2.05) is 49.4 Å². The van der Waals surface area contributed by atoms with Gasteiger partial charge in [-0.3, -0.25) is 14.9 Å². The highest BCUT2D eigenvalue weighted by atomic mass is 16.2. The number of aliphatic imine (C=N–C) groups is 1. The van der Waals surface area contributed by atoms with Gasteiger partial charge in [0.05, 0.1) is 17.6 Å². The van der Waals surface area contributed by atoms with Crippen molar-refractivity contribution in [3.63, 3.8) is 0 Å². The average Bonchev–Trinajstić information content (AvgIpc) is 3.21. The lowest BCUT2D eigenvalue weighted by molar-refractivity contribution is 0.102. The molecular weight excluding hydrogens is 490 g/mol. The Bertz CT molecular complexity index is 1660. The van der Waals surface area contributed by atoms with Gasteiger partial charge in [-0.25, -0.2) is 9.98 Å². The predicted molar refractivity (Wildman–Crippen MR) is 153 cm³/mol. The number of carbonyl (C=O) groups excluding carboxylic acids is 2. The minimum Gasteiger partial charge on any atom is -0.370 e. The summed E-state index contributed by atoms with van der Waals surface area (Å²) in [4.78, 5) is 40.0. The second-order valence-electron chi connectivity index (χ2n) is 10.2. The minimum atomic E-state index is -0.394. The van der Waals surface area contributed by atoms with E-state index in [1.165, 1.54) is 0 Å². The van der Waals surface area contributed by atoms with Crippen LogP contribution in [0, 0.1) is 6.92 Å². The average molecular weight is 520 g/mol. The maximum absolute atomic E-state index is 13.3. The van der Waals surface area contributed by atoms with Gasteiger partial charge in [0.2, 0.25) is 5.95 Å². The third kappa shape index (κ3) is 4.67. The summed E-state index contributed by atoms with van der Waals surface area (Å²) in [7, 11) is 0. The maximum Gasteiger partial charge on any atom is 0.258 e. The summed E-state index contributed by atoms with van der Waals surface area (Å²) in [5.74, 6) is 0.377. The van der Waals surface area contributed by atoms with Crippen LogP contribution < -0.4 is 22.1 Å². The Kier molecular flexibility index (Phi) is 6.18. The standard InChI is InChI=1S/C30H29N7O2/c1-16-10-13-23-22(14-16)27(33-24-8-4-5-9-25(24)34-29(31)32)36-30(35-23)37-28(39)17-11-12-19-18-6-2-3-7-20(18)26(38)21(19)15-17/h2-3,6-7,10-15,24-25H,4-5,8-9H2,1H3,(H4,31,32,34)(H2,33,35,36,37,39). The molecule has 9 nitrogen and oxygen atoms in total. The van der Waals surface area contributed by atoms with Gasteiger partial charge < -0.3 is 16.8 Å². The van der Waals surface area contributed by atoms with Crippen LogP contribution in [-0.4, -0.2) is 39.7 Å². The maximum atomic E-state index is 13.3. The zero-order valence-electron chi connectivity index (χ0n) is 21.6. The van der Waals surface area contributed by atoms with Crippen LogP contribution in [0.4, 0.5) is 11.8 Å². The molecule has 6 N–H and O–H groups in total. The lowest BCUT2D eigenvalue weighted by Crippen LogP contribution is -2.38. The molecule has 2 atom stereocenters. The summed E-state index contributed by atoms with van der Waals surface area (Å²) in [6, 6.07) is 18.5. The Morgan fingerprint density at radius 3 is 2.51 bits per heavy atom. The van der Waals surface area contributed by atoms with Crippen LogP contribution in [-0.2, 0) is 0 Å². The first kappa shape index (κ1) is 24.5. The topological polar surface area (TPSA) is 148 Å². The van der Waals surface area contributed by atoms with Gasteiger partial charge in [-0.05, 0) is 55.2 Å². The molecule has 1 fully saturated rings. The molecule has 2 aliphatic rings. The van der Waals surface area contributed by atoms with Gasteiger partial charge >= 0.3 is 0 Å². The fourth-order valence-electron chi connectivity index (χ4n) is 5.55. The van der Waals surface area contributed by atoms with Crippen molar-refractivity contribution in [2.75, 3.05) is 10.6 Å². The molecule has 1 amide bonds. The van der Waals surface area contributed by atoms with E-state index in [4.69, 9.17) is 16.5 Å². The Balaban J connectivity index is 1.31. The van der Waals surface area contributed by atoms with E-state index in [2.05, 4.69) is 20.6 Å². The van der Waals surface area contributed by atoms with Crippen molar-refractivity contribution in [3.8, 4) is 11.1 Å². The first-order valence-electron chi connectivity index (χ1n) is 13.1. The summed E-state index contributed by atoms with van der Waals surface area (Å²) in [5, 5.41) is 7.23. The molecule has 2 unspecified atom stereocenters. The van der Waals surface area contributed by atoms with Crippen molar-refractivity contribution >= 4 is 40.3 Å². The van der Waals surface area contributed by atoms with Crippen LogP contribution in [0.2, 0.25) is 0 Å². The Morgan fingerprint density at radius 1 is 0.923 bits per heavy atom. The predicted octanol–water partition coefficient (Wildman–Crippen LogP) is 4.40. The summed E-state index contributed by atoms with van der Waals surface area (Å²) >= 11 is 0. The van der Waals surface area contributed by atoms with Crippen molar-refractivity contribution in [3.05, 3.63) is 82.9 Å². The first-order valence-corrected chi connectivity index (χ1v) is 13.1. The molecule has 0 aliphatic heterocycles. The monoisotopic (exact) mass is 519 g/mol. The molecule has 196 valence electrons. The number of nitrogens with zero attached hydrogens (tertiary/aromatic N) is 3. The minimum absolute atomic E-state index is 0.00707. The van der Waals surface area contributed by atoms with Gasteiger partial charge in [-0.1, -0.05) is 54.8 Å². The van der Waals surface area contributed by atoms with Gasteiger partial charge in [0.1, 0.15) is 5.82 Å². The number of hydrogen-bond acceptors (Lipinski definition) is 6. The van der Waals surface area contributed by atoms with E-state index in [0.29, 0.717) is 28.0 Å². The van der Waals surface area contributed by atoms with Crippen LogP contribution >= 0.6 is 0 Å². The molecule has 0 saturated heterocycles. The number of anilines is 2. The Hall–Kier alpha value is -4.79. The fourth-order valence-corrected chi connectivity index (χ4v) is 5.55. The zero-order valence-corrected chi connectivity index (χ0v) is 21.6. The quantitative estimate of drug-likeness (QED) is 0.199. The van der Waals surface area contributed by atoms with E-state index in [-0.39, 0.29) is 29.8 Å². The Labute approximate surface area is 225 Å². The molecule has 0 radical (unpaired) electrons. The number of nitrogens with two attached hydrogens (primary N) is 2. The third-order valence-electron chi connectivity index (χ3n) is 7.43. The fraction of sp³-hybridized carbons (Fsp3) is 0.233. The van der Waals surface area contributed by atoms with Crippen molar-refractivity contribution in [2.45, 2.75) is 44.7 Å². The van der Waals surface area contributed by atoms with Gasteiger partial charge in [-0.15, -0.1) is 0 Å². The number of fused-ring (bicyclic) bond motifs is 4. The second kappa shape index (κ2) is 9.83. The van der Waals surface area contributed by atoms with E-state index < -0.39 is 5.91 Å². The molecule has 1 saturated carbocycles. The van der Waals surface area contributed by atoms with E-state index in [9.17, 15) is 9.59 Å². The summed E-state index contributed by atoms with van der Waals surface area (Å²) in [5.41, 5.74) is 16.4. The normalized spacial score (nSPS) is 17.8. The van der Waals surface area contributed by atoms with Gasteiger partial charge in [-0.2, -0.15) is 4.98 Å². The molecule has 3 aromatic carbocycles. The number of guanidine groups is 1. The molecule has 39 heavy (non-hydrogen) atoms. The van der Waals surface area contributed by atoms with Crippen molar-refractivity contribution in [1.29, 1.82) is 0 Å². The molecule has 1 aromatic heterocycles. The molecule has 2 aliphatic carbocycles. The van der Waals surface area contributed by atoms with E-state index in [1.54, 1.807) is 18.2 Å². The molecule has 6 rings (SSSR count). The lowest BCUT2D eigenvalue weighted by Gasteiger charge is -2.30. The number of nitrogens with one attached hydrogen (secondary N) is 2. The zero-order chi connectivity index (χ0) is 27.1. The summed E-state index contributed by atoms with van der Waals surface area (Å²) in [6.07, 6.45) is 3.88. The highest BCUT2D eigenvalue weighted by molar-refractivity contribution is 6.22. The summed E-state index contributed by atoms with van der Waals surface area (Å²) in [6.45, 7) is 2.01. The number of ketones is 1. The van der Waals surface area contributed by atoms with Crippen molar-refractivity contribution in [1.82, 2.24) is 9.97 Å². The number of carbonyl (C=O) groups is 2. The SMILES string of the molecule is Cc1ccc2nc(NC(=O)c3ccc4c(c3)C(=O)c3ccccc3-4)nc(NC3CCCCC3N=C(N)N)c2c1. The molecule has 4 aromatic rings. The van der Waals surface area contributed by atoms with E-state index in [0.717, 1.165) is 47.8 Å². The van der Waals surface area contributed by atoms with Crippen LogP contribution in [0.25, 0.3) is 22.0 Å². The molecule has 0 spiro atoms. The lowest BCUT2D eigenvalue weighted by atomic mass is 9.90. The molecule has 0 bridgehead atoms. The second-order valence-corrected chi connectivity index (χ2v) is 10.2. The largest absolute Gasteiger partial charge is 0.370 e. The number of aryl methyl sites for hydroxylation is 1. The molecule has 9 heteroatoms. The first-order chi connectivity index (χ1) is 18.9. The third-order valence-corrected chi connectivity index (χ3v) is 7.43. The summed E-state index contributed by atoms with van der Waals surface area (Å²) < 4.78 is 0. The van der Waals surface area contributed by atoms with Gasteiger partial charge in [0, 0.05) is 22.1 Å². The number of rotatable bonds is 5. The molecular formula is C30H29N7O2. The van der Waals surface area contributed by atoms with Crippen LogP contribution in [0.1, 0.15) is 57.5 Å². The molecule has 1 heterocycles. The van der Waals surface area contributed by atoms with Crippen LogP contribution in [0.3, 0.4) is 0 Å². The Morgan fingerprint density at radius 2 is 1.69 bits per heavy atom. The highest BCUT2D eigenvalue weighted by Gasteiger charge is 2.28. The number of aromatic nitrogens is 2. The van der Waals surface area contributed by atoms with E-state index >= 15 is 0 Å². The smallest absolute Gasteiger partial charge is 0.258 e. The van der Waals surface area contributed by atoms with Crippen LogP contribution in [0.5, 0.6) is 0 Å². The number of benzene rings is 3. The van der Waals surface area contributed by atoms with Crippen molar-refractivity contribution in [2.24, 2.45) is 16.5 Å². The highest BCUT2D eigenvalue weighted by Crippen LogP contribution is 2.37. The van der Waals surface area contributed by atoms with Gasteiger partial charge in [0.25, 0.3) is 5.91 Å². The van der Waals surface area contributed by atoms with Crippen LogP contribution in [0.15, 0.2) is 65.7 Å². The van der Waals surface area contributed by atoms with Crippen molar-refractivity contribution < 1.29 is 9.59 Å². The van der Waals surface area contributed by atoms with Gasteiger partial charge in [0.15, 0.2) is 11.7 Å². The number of hydrogen-bond donors (Lipinski definition) is 4.